The molecule has 0 fully saturated rings. The van der Waals surface area contributed by atoms with Gasteiger partial charge in [0.15, 0.2) is 6.61 Å². The number of fused-ring (bicyclic) bond motifs is 3. The first kappa shape index (κ1) is 20.2. The summed E-state index contributed by atoms with van der Waals surface area (Å²) in [5.41, 5.74) is 5.19. The predicted molar refractivity (Wildman–Crippen MR) is 117 cm³/mol. The lowest BCUT2D eigenvalue weighted by Gasteiger charge is -2.18. The maximum absolute atomic E-state index is 12.6. The normalized spacial score (nSPS) is 14.2. The van der Waals surface area contributed by atoms with Crippen molar-refractivity contribution < 1.29 is 14.3 Å². The molecule has 4 rings (SSSR count). The van der Waals surface area contributed by atoms with E-state index >= 15 is 0 Å². The van der Waals surface area contributed by atoms with Crippen LogP contribution in [-0.2, 0) is 22.4 Å². The molecule has 1 aliphatic rings. The molecule has 0 bridgehead atoms. The van der Waals surface area contributed by atoms with Crippen molar-refractivity contribution in [2.75, 3.05) is 6.61 Å². The summed E-state index contributed by atoms with van der Waals surface area (Å²) in [6.45, 7) is 1.80. The van der Waals surface area contributed by atoms with Crippen LogP contribution in [0.2, 0.25) is 0 Å². The van der Waals surface area contributed by atoms with Crippen molar-refractivity contribution in [1.29, 1.82) is 0 Å². The SMILES string of the molecule is CCC[C@@H](NC(=O)COC(=O)c1ccc2[nH]c3c(c2c1)CCCC3)c1ccccc1. The standard InChI is InChI=1S/C25H28N2O3/c1-2-8-21(17-9-4-3-5-10-17)27-24(28)16-30-25(29)18-13-14-23-20(15-18)19-11-6-7-12-22(19)26-23/h3-5,9-10,13-15,21,26H,2,6-8,11-12,16H2,1H3,(H,27,28)/t21-/m1/s1. The second kappa shape index (κ2) is 9.16. The van der Waals surface area contributed by atoms with Crippen LogP contribution in [0.3, 0.4) is 0 Å². The van der Waals surface area contributed by atoms with E-state index in [1.165, 1.54) is 24.1 Å². The third-order valence-corrected chi connectivity index (χ3v) is 5.78. The fourth-order valence-corrected chi connectivity index (χ4v) is 4.28. The van der Waals surface area contributed by atoms with Crippen LogP contribution in [0.1, 0.15) is 65.8 Å². The number of ether oxygens (including phenoxy) is 1. The zero-order valence-electron chi connectivity index (χ0n) is 17.4. The number of esters is 1. The number of aromatic amines is 1. The molecule has 2 N–H and O–H groups in total. The highest BCUT2D eigenvalue weighted by Gasteiger charge is 2.19. The van der Waals surface area contributed by atoms with E-state index in [4.69, 9.17) is 4.74 Å². The van der Waals surface area contributed by atoms with Crippen molar-refractivity contribution in [1.82, 2.24) is 10.3 Å². The van der Waals surface area contributed by atoms with Gasteiger partial charge < -0.3 is 15.0 Å². The molecule has 5 nitrogen and oxygen atoms in total. The number of rotatable bonds is 7. The van der Waals surface area contributed by atoms with Crippen molar-refractivity contribution >= 4 is 22.8 Å². The van der Waals surface area contributed by atoms with Gasteiger partial charge in [-0.2, -0.15) is 0 Å². The number of H-pyrrole nitrogens is 1. The molecule has 156 valence electrons. The topological polar surface area (TPSA) is 71.2 Å². The Morgan fingerprint density at radius 3 is 2.70 bits per heavy atom. The number of carbonyl (C=O) groups excluding carboxylic acids is 2. The predicted octanol–water partition coefficient (Wildman–Crippen LogP) is 4.86. The van der Waals surface area contributed by atoms with Crippen LogP contribution in [0.15, 0.2) is 48.5 Å². The smallest absolute Gasteiger partial charge is 0.338 e. The van der Waals surface area contributed by atoms with Crippen LogP contribution < -0.4 is 5.32 Å². The number of carbonyl (C=O) groups is 2. The highest BCUT2D eigenvalue weighted by Crippen LogP contribution is 2.29. The molecule has 1 aliphatic carbocycles. The van der Waals surface area contributed by atoms with Gasteiger partial charge >= 0.3 is 5.97 Å². The Bertz CT molecular complexity index is 1040. The molecule has 1 atom stereocenters. The van der Waals surface area contributed by atoms with Gasteiger partial charge in [0.05, 0.1) is 11.6 Å². The highest BCUT2D eigenvalue weighted by atomic mass is 16.5. The molecule has 1 heterocycles. The molecule has 0 aliphatic heterocycles. The first-order valence-electron chi connectivity index (χ1n) is 10.8. The Hall–Kier alpha value is -3.08. The Kier molecular flexibility index (Phi) is 6.17. The quantitative estimate of drug-likeness (QED) is 0.553. The van der Waals surface area contributed by atoms with E-state index in [-0.39, 0.29) is 18.6 Å². The van der Waals surface area contributed by atoms with Gasteiger partial charge in [0.1, 0.15) is 0 Å². The van der Waals surface area contributed by atoms with Crippen LogP contribution in [-0.4, -0.2) is 23.5 Å². The zero-order valence-corrected chi connectivity index (χ0v) is 17.4. The Morgan fingerprint density at radius 2 is 1.90 bits per heavy atom. The minimum absolute atomic E-state index is 0.0786. The molecule has 30 heavy (non-hydrogen) atoms. The first-order chi connectivity index (χ1) is 14.7. The molecule has 1 amide bonds. The van der Waals surface area contributed by atoms with E-state index in [1.807, 2.05) is 42.5 Å². The molecule has 0 saturated carbocycles. The minimum atomic E-state index is -0.468. The van der Waals surface area contributed by atoms with Gasteiger partial charge in [-0.3, -0.25) is 4.79 Å². The van der Waals surface area contributed by atoms with Gasteiger partial charge in [-0.05, 0) is 61.4 Å². The number of benzene rings is 2. The molecule has 1 aromatic heterocycles. The monoisotopic (exact) mass is 404 g/mol. The second-order valence-electron chi connectivity index (χ2n) is 7.95. The van der Waals surface area contributed by atoms with Gasteiger partial charge in [0, 0.05) is 16.6 Å². The molecule has 2 aromatic carbocycles. The maximum atomic E-state index is 12.6. The third kappa shape index (κ3) is 4.40. The Balaban J connectivity index is 1.39. The average molecular weight is 405 g/mol. The number of nitrogens with one attached hydrogen (secondary N) is 2. The second-order valence-corrected chi connectivity index (χ2v) is 7.95. The summed E-state index contributed by atoms with van der Waals surface area (Å²) in [5, 5.41) is 4.08. The summed E-state index contributed by atoms with van der Waals surface area (Å²) in [7, 11) is 0. The number of aromatic nitrogens is 1. The molecule has 5 heteroatoms. The fourth-order valence-electron chi connectivity index (χ4n) is 4.28. The van der Waals surface area contributed by atoms with Gasteiger partial charge in [0.25, 0.3) is 5.91 Å². The van der Waals surface area contributed by atoms with E-state index in [2.05, 4.69) is 17.2 Å². The molecule has 3 aromatic rings. The summed E-state index contributed by atoms with van der Waals surface area (Å²) in [6, 6.07) is 15.4. The molecule has 0 radical (unpaired) electrons. The lowest BCUT2D eigenvalue weighted by Crippen LogP contribution is -2.32. The zero-order chi connectivity index (χ0) is 20.9. The van der Waals surface area contributed by atoms with E-state index in [1.54, 1.807) is 6.07 Å². The molecule has 0 saturated heterocycles. The van der Waals surface area contributed by atoms with E-state index in [9.17, 15) is 9.59 Å². The fraction of sp³-hybridized carbons (Fsp3) is 0.360. The summed E-state index contributed by atoms with van der Waals surface area (Å²) in [6.07, 6.45) is 6.25. The average Bonchev–Trinajstić information content (AvgIpc) is 3.15. The maximum Gasteiger partial charge on any atom is 0.338 e. The summed E-state index contributed by atoms with van der Waals surface area (Å²) >= 11 is 0. The van der Waals surface area contributed by atoms with Crippen LogP contribution in [0.4, 0.5) is 0 Å². The molecule has 0 unspecified atom stereocenters. The molecule has 0 spiro atoms. The number of hydrogen-bond acceptors (Lipinski definition) is 3. The van der Waals surface area contributed by atoms with Crippen LogP contribution in [0, 0.1) is 0 Å². The van der Waals surface area contributed by atoms with Gasteiger partial charge in [-0.25, -0.2) is 4.79 Å². The summed E-state index contributed by atoms with van der Waals surface area (Å²) in [5.74, 6) is -0.754. The van der Waals surface area contributed by atoms with Crippen molar-refractivity contribution in [2.24, 2.45) is 0 Å². The Labute approximate surface area is 176 Å². The van der Waals surface area contributed by atoms with Crippen molar-refractivity contribution in [3.8, 4) is 0 Å². The van der Waals surface area contributed by atoms with Crippen molar-refractivity contribution in [3.63, 3.8) is 0 Å². The Morgan fingerprint density at radius 1 is 1.10 bits per heavy atom. The van der Waals surface area contributed by atoms with Crippen molar-refractivity contribution in [2.45, 2.75) is 51.5 Å². The molecular weight excluding hydrogens is 376 g/mol. The van der Waals surface area contributed by atoms with Crippen molar-refractivity contribution in [3.05, 3.63) is 70.9 Å². The van der Waals surface area contributed by atoms with Gasteiger partial charge in [-0.1, -0.05) is 43.7 Å². The van der Waals surface area contributed by atoms with E-state index < -0.39 is 5.97 Å². The van der Waals surface area contributed by atoms with E-state index in [0.29, 0.717) is 5.56 Å². The highest BCUT2D eigenvalue weighted by molar-refractivity contribution is 5.97. The first-order valence-corrected chi connectivity index (χ1v) is 10.8. The molecular formula is C25H28N2O3. The third-order valence-electron chi connectivity index (χ3n) is 5.78. The summed E-state index contributed by atoms with van der Waals surface area (Å²) < 4.78 is 5.31. The number of aryl methyl sites for hydroxylation is 2. The van der Waals surface area contributed by atoms with Crippen LogP contribution >= 0.6 is 0 Å². The lowest BCUT2D eigenvalue weighted by atomic mass is 9.95. The van der Waals surface area contributed by atoms with E-state index in [0.717, 1.165) is 42.1 Å². The van der Waals surface area contributed by atoms with Gasteiger partial charge in [-0.15, -0.1) is 0 Å². The van der Waals surface area contributed by atoms with Crippen LogP contribution in [0.25, 0.3) is 10.9 Å². The number of hydrogen-bond donors (Lipinski definition) is 2. The summed E-state index contributed by atoms with van der Waals surface area (Å²) in [4.78, 5) is 28.4. The van der Waals surface area contributed by atoms with Crippen LogP contribution in [0.5, 0.6) is 0 Å². The number of amides is 1. The lowest BCUT2D eigenvalue weighted by molar-refractivity contribution is -0.125. The largest absolute Gasteiger partial charge is 0.452 e. The minimum Gasteiger partial charge on any atom is -0.452 e. The van der Waals surface area contributed by atoms with Gasteiger partial charge in [0.2, 0.25) is 0 Å².